The third kappa shape index (κ3) is 4.66. The van der Waals surface area contributed by atoms with E-state index in [4.69, 9.17) is 34.8 Å². The van der Waals surface area contributed by atoms with Gasteiger partial charge in [0.1, 0.15) is 5.82 Å². The zero-order chi connectivity index (χ0) is 19.6. The van der Waals surface area contributed by atoms with Gasteiger partial charge in [-0.3, -0.25) is 4.21 Å². The maximum atomic E-state index is 12.6. The van der Waals surface area contributed by atoms with Gasteiger partial charge >= 0.3 is 6.03 Å². The molecule has 1 aliphatic heterocycles. The monoisotopic (exact) mass is 446 g/mol. The topological polar surface area (TPSA) is 65.5 Å². The summed E-state index contributed by atoms with van der Waals surface area (Å²) in [5.41, 5.74) is 0.457. The van der Waals surface area contributed by atoms with Gasteiger partial charge in [-0.15, -0.1) is 0 Å². The van der Waals surface area contributed by atoms with Gasteiger partial charge in [-0.05, 0) is 18.2 Å². The van der Waals surface area contributed by atoms with Gasteiger partial charge in [0.25, 0.3) is 0 Å². The Kier molecular flexibility index (Phi) is 6.47. The molecular formula is C17H17Cl3N4O2S. The molecule has 6 nitrogen and oxygen atoms in total. The van der Waals surface area contributed by atoms with Crippen molar-refractivity contribution in [1.82, 2.24) is 9.88 Å². The van der Waals surface area contributed by atoms with E-state index in [9.17, 15) is 9.00 Å². The molecular weight excluding hydrogens is 431 g/mol. The number of piperazine rings is 1. The van der Waals surface area contributed by atoms with Crippen LogP contribution in [0.5, 0.6) is 0 Å². The maximum Gasteiger partial charge on any atom is 0.322 e. The average Bonchev–Trinajstić information content (AvgIpc) is 2.61. The maximum absolute atomic E-state index is 12.6. The summed E-state index contributed by atoms with van der Waals surface area (Å²) in [4.78, 5) is 21.0. The van der Waals surface area contributed by atoms with Crippen LogP contribution >= 0.6 is 34.8 Å². The van der Waals surface area contributed by atoms with E-state index in [2.05, 4.69) is 10.3 Å². The Hall–Kier alpha value is -1.54. The fraction of sp³-hybridized carbons (Fsp3) is 0.294. The van der Waals surface area contributed by atoms with E-state index >= 15 is 0 Å². The number of nitrogens with zero attached hydrogens (tertiary/aromatic N) is 3. The average molecular weight is 448 g/mol. The molecule has 1 aliphatic rings. The highest BCUT2D eigenvalue weighted by Gasteiger charge is 2.24. The Bertz CT molecular complexity index is 888. The first-order valence-corrected chi connectivity index (χ1v) is 10.8. The van der Waals surface area contributed by atoms with Crippen LogP contribution in [-0.4, -0.2) is 52.6 Å². The molecule has 144 valence electrons. The minimum Gasteiger partial charge on any atom is -0.352 e. The zero-order valence-electron chi connectivity index (χ0n) is 14.4. The number of carbonyl (C=O) groups is 1. The lowest BCUT2D eigenvalue weighted by Crippen LogP contribution is -2.50. The normalized spacial score (nSPS) is 15.6. The fourth-order valence-corrected chi connectivity index (χ4v) is 4.63. The predicted octanol–water partition coefficient (Wildman–Crippen LogP) is 4.13. The second kappa shape index (κ2) is 8.65. The molecule has 1 atom stereocenters. The Morgan fingerprint density at radius 1 is 1.15 bits per heavy atom. The summed E-state index contributed by atoms with van der Waals surface area (Å²) >= 11 is 18.2. The number of urea groups is 1. The Morgan fingerprint density at radius 3 is 2.48 bits per heavy atom. The molecule has 1 saturated heterocycles. The van der Waals surface area contributed by atoms with Crippen LogP contribution < -0.4 is 10.2 Å². The quantitative estimate of drug-likeness (QED) is 0.768. The van der Waals surface area contributed by atoms with Gasteiger partial charge in [0.2, 0.25) is 0 Å². The van der Waals surface area contributed by atoms with Crippen molar-refractivity contribution in [3.8, 4) is 0 Å². The molecule has 0 unspecified atom stereocenters. The smallest absolute Gasteiger partial charge is 0.322 e. The van der Waals surface area contributed by atoms with Crippen molar-refractivity contribution >= 4 is 63.1 Å². The van der Waals surface area contributed by atoms with E-state index in [1.165, 1.54) is 6.26 Å². The number of nitrogens with one attached hydrogen (secondary N) is 1. The number of hydrogen-bond acceptors (Lipinski definition) is 4. The van der Waals surface area contributed by atoms with Gasteiger partial charge in [0.15, 0.2) is 0 Å². The highest BCUT2D eigenvalue weighted by Crippen LogP contribution is 2.29. The van der Waals surface area contributed by atoms with Crippen molar-refractivity contribution in [3.05, 3.63) is 45.5 Å². The van der Waals surface area contributed by atoms with Crippen molar-refractivity contribution in [1.29, 1.82) is 0 Å². The first-order valence-electron chi connectivity index (χ1n) is 8.10. The van der Waals surface area contributed by atoms with Crippen molar-refractivity contribution < 1.29 is 9.00 Å². The molecule has 10 heteroatoms. The van der Waals surface area contributed by atoms with Gasteiger partial charge in [0.05, 0.1) is 36.5 Å². The predicted molar refractivity (Wildman–Crippen MR) is 111 cm³/mol. The van der Waals surface area contributed by atoms with Crippen LogP contribution in [0.4, 0.5) is 16.3 Å². The van der Waals surface area contributed by atoms with E-state index in [1.807, 2.05) is 4.90 Å². The molecule has 0 aliphatic carbocycles. The van der Waals surface area contributed by atoms with Crippen LogP contribution in [0.15, 0.2) is 35.4 Å². The Balaban J connectivity index is 1.66. The van der Waals surface area contributed by atoms with E-state index < -0.39 is 10.8 Å². The summed E-state index contributed by atoms with van der Waals surface area (Å²) in [6, 6.07) is 6.43. The minimum absolute atomic E-state index is 0.265. The number of hydrogen-bond donors (Lipinski definition) is 1. The molecule has 1 fully saturated rings. The number of halogens is 3. The first kappa shape index (κ1) is 20.2. The highest BCUT2D eigenvalue weighted by molar-refractivity contribution is 7.84. The largest absolute Gasteiger partial charge is 0.352 e. The van der Waals surface area contributed by atoms with Gasteiger partial charge in [0, 0.05) is 38.6 Å². The third-order valence-corrected chi connectivity index (χ3v) is 6.08. The SMILES string of the molecule is C[S@@](=O)c1c(Cl)cccc1NC(=O)N1CCN(c2ncc(Cl)cc2Cl)CC1. The van der Waals surface area contributed by atoms with Gasteiger partial charge in [-0.25, -0.2) is 9.78 Å². The Morgan fingerprint density at radius 2 is 1.85 bits per heavy atom. The van der Waals surface area contributed by atoms with Crippen LogP contribution in [0.3, 0.4) is 0 Å². The van der Waals surface area contributed by atoms with E-state index in [0.29, 0.717) is 57.6 Å². The fourth-order valence-electron chi connectivity index (χ4n) is 2.86. The van der Waals surface area contributed by atoms with Crippen LogP contribution in [0.1, 0.15) is 0 Å². The molecule has 1 aromatic heterocycles. The lowest BCUT2D eigenvalue weighted by atomic mass is 10.3. The summed E-state index contributed by atoms with van der Waals surface area (Å²) < 4.78 is 11.9. The molecule has 1 aromatic carbocycles. The van der Waals surface area contributed by atoms with Crippen molar-refractivity contribution in [2.45, 2.75) is 4.90 Å². The van der Waals surface area contributed by atoms with Gasteiger partial charge in [-0.2, -0.15) is 0 Å². The van der Waals surface area contributed by atoms with Crippen molar-refractivity contribution in [2.24, 2.45) is 0 Å². The minimum atomic E-state index is -1.32. The molecule has 1 N–H and O–H groups in total. The molecule has 27 heavy (non-hydrogen) atoms. The molecule has 0 radical (unpaired) electrons. The van der Waals surface area contributed by atoms with E-state index in [1.54, 1.807) is 35.4 Å². The highest BCUT2D eigenvalue weighted by atomic mass is 35.5. The van der Waals surface area contributed by atoms with E-state index in [0.717, 1.165) is 0 Å². The summed E-state index contributed by atoms with van der Waals surface area (Å²) in [6.07, 6.45) is 3.08. The summed E-state index contributed by atoms with van der Waals surface area (Å²) in [6.45, 7) is 2.17. The van der Waals surface area contributed by atoms with Crippen molar-refractivity contribution in [2.75, 3.05) is 42.7 Å². The molecule has 2 heterocycles. The number of pyridine rings is 1. The second-order valence-electron chi connectivity index (χ2n) is 5.93. The molecule has 2 aromatic rings. The van der Waals surface area contributed by atoms with Gasteiger partial charge < -0.3 is 15.1 Å². The lowest BCUT2D eigenvalue weighted by molar-refractivity contribution is 0.208. The number of amides is 2. The standard InChI is InChI=1S/C17H17Cl3N4O2S/c1-27(26)15-12(19)3-2-4-14(15)22-17(25)24-7-5-23(6-8-24)16-13(20)9-11(18)10-21-16/h2-4,9-10H,5-8H2,1H3,(H,22,25)/t27-/m1/s1. The first-order chi connectivity index (χ1) is 12.9. The number of carbonyl (C=O) groups excluding carboxylic acids is 1. The molecule has 0 saturated carbocycles. The number of rotatable bonds is 3. The van der Waals surface area contributed by atoms with Crippen LogP contribution in [-0.2, 0) is 10.8 Å². The van der Waals surface area contributed by atoms with Gasteiger partial charge in [-0.1, -0.05) is 40.9 Å². The lowest BCUT2D eigenvalue weighted by Gasteiger charge is -2.35. The molecule has 0 bridgehead atoms. The van der Waals surface area contributed by atoms with Crippen LogP contribution in [0.2, 0.25) is 15.1 Å². The van der Waals surface area contributed by atoms with Crippen LogP contribution in [0, 0.1) is 0 Å². The molecule has 3 rings (SSSR count). The zero-order valence-corrected chi connectivity index (χ0v) is 17.5. The number of anilines is 2. The molecule has 2 amide bonds. The third-order valence-electron chi connectivity index (χ3n) is 4.15. The second-order valence-corrected chi connectivity index (χ2v) is 8.50. The summed E-state index contributed by atoms with van der Waals surface area (Å²) in [5, 5.41) is 4.13. The Labute approximate surface area is 174 Å². The number of aromatic nitrogens is 1. The molecule has 0 spiro atoms. The van der Waals surface area contributed by atoms with E-state index in [-0.39, 0.29) is 6.03 Å². The number of benzene rings is 1. The summed E-state index contributed by atoms with van der Waals surface area (Å²) in [7, 11) is -1.32. The van der Waals surface area contributed by atoms with Crippen LogP contribution in [0.25, 0.3) is 0 Å². The summed E-state index contributed by atoms with van der Waals surface area (Å²) in [5.74, 6) is 0.652. The van der Waals surface area contributed by atoms with Crippen molar-refractivity contribution in [3.63, 3.8) is 0 Å².